The van der Waals surface area contributed by atoms with E-state index in [1.807, 2.05) is 0 Å². The minimum absolute atomic E-state index is 0.174. The van der Waals surface area contributed by atoms with Crippen molar-refractivity contribution >= 4 is 26.0 Å². The molecule has 0 aromatic carbocycles. The highest BCUT2D eigenvalue weighted by Gasteiger charge is 2.16. The molecule has 1 N–H and O–H groups in total. The molecule has 0 radical (unpaired) electrons. The maximum absolute atomic E-state index is 11.5. The number of halogens is 1. The molecule has 0 aliphatic heterocycles. The topological polar surface area (TPSA) is 64.0 Å². The smallest absolute Gasteiger partial charge is 0.256 e. The van der Waals surface area contributed by atoms with E-state index in [4.69, 9.17) is 0 Å². The van der Waals surface area contributed by atoms with E-state index in [9.17, 15) is 8.42 Å². The summed E-state index contributed by atoms with van der Waals surface area (Å²) in [4.78, 5) is 0. The lowest BCUT2D eigenvalue weighted by Crippen LogP contribution is -2.27. The number of hydrogen-bond donors (Lipinski definition) is 1. The molecule has 0 unspecified atom stereocenters. The van der Waals surface area contributed by atoms with Gasteiger partial charge in [-0.25, -0.2) is 13.1 Å². The summed E-state index contributed by atoms with van der Waals surface area (Å²) in [6, 6.07) is 1.45. The summed E-state index contributed by atoms with van der Waals surface area (Å²) in [5.74, 6) is 0. The van der Waals surface area contributed by atoms with Crippen LogP contribution in [0.3, 0.4) is 0 Å². The lowest BCUT2D eigenvalue weighted by Gasteiger charge is -2.04. The molecule has 5 nitrogen and oxygen atoms in total. The summed E-state index contributed by atoms with van der Waals surface area (Å²) >= 11 is 3.13. The molecule has 1 heterocycles. The summed E-state index contributed by atoms with van der Waals surface area (Å²) in [5.41, 5.74) is 0. The van der Waals surface area contributed by atoms with Crippen LogP contribution in [0.1, 0.15) is 0 Å². The number of aryl methyl sites for hydroxylation is 1. The number of alkyl halides is 1. The molecule has 74 valence electrons. The van der Waals surface area contributed by atoms with Gasteiger partial charge in [0.1, 0.15) is 0 Å². The number of rotatable bonds is 4. The van der Waals surface area contributed by atoms with Crippen LogP contribution in [0.4, 0.5) is 0 Å². The van der Waals surface area contributed by atoms with Gasteiger partial charge >= 0.3 is 0 Å². The molecule has 0 aliphatic rings. The van der Waals surface area contributed by atoms with Gasteiger partial charge in [-0.1, -0.05) is 15.9 Å². The third-order valence-electron chi connectivity index (χ3n) is 1.44. The summed E-state index contributed by atoms with van der Waals surface area (Å²) in [6.45, 7) is 0.369. The molecule has 1 aromatic rings. The molecule has 1 aromatic heterocycles. The van der Waals surface area contributed by atoms with Gasteiger partial charge in [0.05, 0.1) is 6.20 Å². The maximum atomic E-state index is 11.5. The van der Waals surface area contributed by atoms with Crippen LogP contribution in [-0.4, -0.2) is 30.1 Å². The fraction of sp³-hybridized carbons (Fsp3) is 0.500. The first-order chi connectivity index (χ1) is 6.08. The standard InChI is InChI=1S/C6H10BrN3O2S/c1-10-6(2-4-8-10)13(11,12)9-5-3-7/h2,4,9H,3,5H2,1H3. The maximum Gasteiger partial charge on any atom is 0.257 e. The first-order valence-electron chi connectivity index (χ1n) is 3.61. The Bertz CT molecular complexity index is 373. The van der Waals surface area contributed by atoms with E-state index in [2.05, 4.69) is 25.8 Å². The Kier molecular flexibility index (Phi) is 3.46. The van der Waals surface area contributed by atoms with E-state index < -0.39 is 10.0 Å². The zero-order valence-corrected chi connectivity index (χ0v) is 9.47. The summed E-state index contributed by atoms with van der Waals surface area (Å²) < 4.78 is 26.7. The fourth-order valence-electron chi connectivity index (χ4n) is 0.872. The van der Waals surface area contributed by atoms with Crippen molar-refractivity contribution in [2.24, 2.45) is 7.05 Å². The van der Waals surface area contributed by atoms with Crippen LogP contribution in [0.5, 0.6) is 0 Å². The second-order valence-electron chi connectivity index (χ2n) is 2.38. The van der Waals surface area contributed by atoms with Crippen LogP contribution in [-0.2, 0) is 17.1 Å². The molecule has 0 spiro atoms. The van der Waals surface area contributed by atoms with Gasteiger partial charge in [-0.2, -0.15) is 5.10 Å². The average Bonchev–Trinajstić information content (AvgIpc) is 2.48. The molecule has 0 atom stereocenters. The van der Waals surface area contributed by atoms with E-state index in [0.29, 0.717) is 11.9 Å². The minimum atomic E-state index is -3.39. The van der Waals surface area contributed by atoms with Crippen LogP contribution in [0, 0.1) is 0 Å². The SMILES string of the molecule is Cn1nccc1S(=O)(=O)NCCBr. The summed E-state index contributed by atoms with van der Waals surface area (Å²) in [6.07, 6.45) is 1.45. The van der Waals surface area contributed by atoms with Crippen molar-refractivity contribution in [1.29, 1.82) is 0 Å². The van der Waals surface area contributed by atoms with E-state index in [1.165, 1.54) is 16.9 Å². The lowest BCUT2D eigenvalue weighted by molar-refractivity contribution is 0.565. The van der Waals surface area contributed by atoms with E-state index in [0.717, 1.165) is 0 Å². The molecular formula is C6H10BrN3O2S. The number of nitrogens with one attached hydrogen (secondary N) is 1. The third kappa shape index (κ3) is 2.52. The zero-order chi connectivity index (χ0) is 9.90. The zero-order valence-electron chi connectivity index (χ0n) is 7.07. The van der Waals surface area contributed by atoms with Crippen molar-refractivity contribution in [3.05, 3.63) is 12.3 Å². The highest BCUT2D eigenvalue weighted by Crippen LogP contribution is 2.04. The van der Waals surface area contributed by atoms with Gasteiger partial charge in [0.15, 0.2) is 5.03 Å². The predicted octanol–water partition coefficient (Wildman–Crippen LogP) is 0.0933. The van der Waals surface area contributed by atoms with Gasteiger partial charge in [-0.3, -0.25) is 4.68 Å². The monoisotopic (exact) mass is 267 g/mol. The molecule has 0 aliphatic carbocycles. The van der Waals surface area contributed by atoms with Crippen LogP contribution in [0.15, 0.2) is 17.3 Å². The van der Waals surface area contributed by atoms with Crippen molar-refractivity contribution < 1.29 is 8.42 Å². The van der Waals surface area contributed by atoms with Gasteiger partial charge in [0, 0.05) is 18.9 Å². The Morgan fingerprint density at radius 2 is 2.38 bits per heavy atom. The van der Waals surface area contributed by atoms with Gasteiger partial charge in [-0.05, 0) is 6.07 Å². The Morgan fingerprint density at radius 1 is 1.69 bits per heavy atom. The molecule has 0 saturated heterocycles. The Morgan fingerprint density at radius 3 is 2.85 bits per heavy atom. The number of nitrogens with zero attached hydrogens (tertiary/aromatic N) is 2. The fourth-order valence-corrected chi connectivity index (χ4v) is 2.49. The second kappa shape index (κ2) is 4.21. The minimum Gasteiger partial charge on any atom is -0.256 e. The van der Waals surface area contributed by atoms with Gasteiger partial charge < -0.3 is 0 Å². The lowest BCUT2D eigenvalue weighted by atomic mass is 10.7. The number of aromatic nitrogens is 2. The number of hydrogen-bond acceptors (Lipinski definition) is 3. The quantitative estimate of drug-likeness (QED) is 0.787. The molecule has 0 fully saturated rings. The van der Waals surface area contributed by atoms with Crippen LogP contribution in [0.2, 0.25) is 0 Å². The highest BCUT2D eigenvalue weighted by molar-refractivity contribution is 9.09. The van der Waals surface area contributed by atoms with Crippen LogP contribution >= 0.6 is 15.9 Å². The molecule has 7 heteroatoms. The van der Waals surface area contributed by atoms with Gasteiger partial charge in [-0.15, -0.1) is 0 Å². The Balaban J connectivity index is 2.88. The van der Waals surface area contributed by atoms with Crippen LogP contribution in [0.25, 0.3) is 0 Å². The third-order valence-corrected chi connectivity index (χ3v) is 3.37. The molecule has 0 saturated carbocycles. The largest absolute Gasteiger partial charge is 0.257 e. The summed E-state index contributed by atoms with van der Waals surface area (Å²) in [7, 11) is -1.80. The van der Waals surface area contributed by atoms with Gasteiger partial charge in [0.25, 0.3) is 10.0 Å². The predicted molar refractivity (Wildman–Crippen MR) is 52.2 cm³/mol. The average molecular weight is 268 g/mol. The molecule has 1 rings (SSSR count). The van der Waals surface area contributed by atoms with Crippen LogP contribution < -0.4 is 4.72 Å². The highest BCUT2D eigenvalue weighted by atomic mass is 79.9. The Labute approximate surface area is 85.3 Å². The van der Waals surface area contributed by atoms with Crippen molar-refractivity contribution in [3.63, 3.8) is 0 Å². The normalized spacial score (nSPS) is 11.8. The first kappa shape index (κ1) is 10.7. The van der Waals surface area contributed by atoms with Gasteiger partial charge in [0.2, 0.25) is 0 Å². The first-order valence-corrected chi connectivity index (χ1v) is 6.22. The number of sulfonamides is 1. The van der Waals surface area contributed by atoms with Crippen molar-refractivity contribution in [3.8, 4) is 0 Å². The van der Waals surface area contributed by atoms with Crippen molar-refractivity contribution in [2.45, 2.75) is 5.03 Å². The second-order valence-corrected chi connectivity index (χ2v) is 4.89. The van der Waals surface area contributed by atoms with E-state index >= 15 is 0 Å². The molecule has 0 amide bonds. The molecule has 0 bridgehead atoms. The molecular weight excluding hydrogens is 258 g/mol. The van der Waals surface area contributed by atoms with E-state index in [-0.39, 0.29) is 5.03 Å². The Hall–Kier alpha value is -0.400. The van der Waals surface area contributed by atoms with E-state index in [1.54, 1.807) is 7.05 Å². The summed E-state index contributed by atoms with van der Waals surface area (Å²) in [5, 5.41) is 4.54. The molecule has 13 heavy (non-hydrogen) atoms. The van der Waals surface area contributed by atoms with Crippen molar-refractivity contribution in [1.82, 2.24) is 14.5 Å². The van der Waals surface area contributed by atoms with Crippen molar-refractivity contribution in [2.75, 3.05) is 11.9 Å².